The Morgan fingerprint density at radius 1 is 1.09 bits per heavy atom. The number of carbonyl (C=O) groups is 2. The van der Waals surface area contributed by atoms with Crippen molar-refractivity contribution in [2.45, 2.75) is 29.7 Å². The third-order valence-corrected chi connectivity index (χ3v) is 6.13. The standard InChI is InChI=1S/C24H22N4O5S/c1-3-12-28-21(26)20(22(30)27(2)24(28)32)17(29)14-33-23(31)16-9-5-7-11-19(16)34-18-10-6-4-8-15(18)13-25/h4-11H,3,12,14,26H2,1-2H3. The van der Waals surface area contributed by atoms with Crippen LogP contribution in [-0.4, -0.2) is 27.5 Å². The Labute approximate surface area is 199 Å². The van der Waals surface area contributed by atoms with Gasteiger partial charge >= 0.3 is 11.7 Å². The van der Waals surface area contributed by atoms with Crippen molar-refractivity contribution in [1.82, 2.24) is 9.13 Å². The van der Waals surface area contributed by atoms with E-state index in [2.05, 4.69) is 6.07 Å². The van der Waals surface area contributed by atoms with Gasteiger partial charge in [0.1, 0.15) is 17.5 Å². The summed E-state index contributed by atoms with van der Waals surface area (Å²) < 4.78 is 7.15. The maximum atomic E-state index is 12.8. The predicted octanol–water partition coefficient (Wildman–Crippen LogP) is 2.60. The molecular weight excluding hydrogens is 456 g/mol. The second kappa shape index (κ2) is 10.7. The molecule has 174 valence electrons. The first-order chi connectivity index (χ1) is 16.3. The Morgan fingerprint density at radius 2 is 1.74 bits per heavy atom. The SMILES string of the molecule is CCCn1c(N)c(C(=O)COC(=O)c2ccccc2Sc2ccccc2C#N)c(=O)n(C)c1=O. The highest BCUT2D eigenvalue weighted by molar-refractivity contribution is 7.99. The summed E-state index contributed by atoms with van der Waals surface area (Å²) in [6.45, 7) is 1.33. The third kappa shape index (κ3) is 4.94. The molecule has 3 rings (SSSR count). The van der Waals surface area contributed by atoms with E-state index in [1.54, 1.807) is 48.5 Å². The van der Waals surface area contributed by atoms with Gasteiger partial charge in [-0.25, -0.2) is 9.59 Å². The van der Waals surface area contributed by atoms with Crippen molar-refractivity contribution in [3.8, 4) is 6.07 Å². The van der Waals surface area contributed by atoms with Crippen LogP contribution in [0.3, 0.4) is 0 Å². The van der Waals surface area contributed by atoms with Crippen molar-refractivity contribution < 1.29 is 14.3 Å². The smallest absolute Gasteiger partial charge is 0.339 e. The summed E-state index contributed by atoms with van der Waals surface area (Å²) in [6, 6.07) is 15.7. The Bertz CT molecular complexity index is 1420. The zero-order valence-corrected chi connectivity index (χ0v) is 19.4. The number of rotatable bonds is 8. The zero-order valence-electron chi connectivity index (χ0n) is 18.6. The fourth-order valence-electron chi connectivity index (χ4n) is 3.26. The molecule has 0 bridgehead atoms. The number of nitrogen functional groups attached to an aromatic ring is 1. The molecule has 0 fully saturated rings. The molecule has 10 heteroatoms. The lowest BCUT2D eigenvalue weighted by atomic mass is 10.2. The summed E-state index contributed by atoms with van der Waals surface area (Å²) in [5, 5.41) is 9.31. The summed E-state index contributed by atoms with van der Waals surface area (Å²) in [7, 11) is 1.26. The van der Waals surface area contributed by atoms with Crippen LogP contribution in [0.25, 0.3) is 0 Å². The third-order valence-electron chi connectivity index (χ3n) is 4.98. The quantitative estimate of drug-likeness (QED) is 0.385. The number of Topliss-reactive ketones (excluding diaryl/α,β-unsaturated/α-hetero) is 1. The molecule has 34 heavy (non-hydrogen) atoms. The number of ketones is 1. The molecule has 9 nitrogen and oxygen atoms in total. The topological polar surface area (TPSA) is 137 Å². The molecule has 0 aliphatic carbocycles. The molecular formula is C24H22N4O5S. The average molecular weight is 479 g/mol. The van der Waals surface area contributed by atoms with Crippen molar-refractivity contribution in [2.24, 2.45) is 7.05 Å². The number of nitrogens with two attached hydrogens (primary N) is 1. The molecule has 3 aromatic rings. The number of hydrogen-bond acceptors (Lipinski definition) is 8. The van der Waals surface area contributed by atoms with E-state index in [1.165, 1.54) is 18.8 Å². The molecule has 2 N–H and O–H groups in total. The number of carbonyl (C=O) groups excluding carboxylic acids is 2. The number of benzene rings is 2. The second-order valence-electron chi connectivity index (χ2n) is 7.26. The van der Waals surface area contributed by atoms with Gasteiger partial charge < -0.3 is 10.5 Å². The molecule has 0 saturated heterocycles. The predicted molar refractivity (Wildman–Crippen MR) is 127 cm³/mol. The van der Waals surface area contributed by atoms with E-state index in [-0.39, 0.29) is 17.9 Å². The van der Waals surface area contributed by atoms with E-state index in [9.17, 15) is 24.4 Å². The number of anilines is 1. The summed E-state index contributed by atoms with van der Waals surface area (Å²) in [5.74, 6) is -1.83. The summed E-state index contributed by atoms with van der Waals surface area (Å²) >= 11 is 1.22. The van der Waals surface area contributed by atoms with Gasteiger partial charge in [-0.3, -0.25) is 18.7 Å². The molecule has 0 aliphatic rings. The fraction of sp³-hybridized carbons (Fsp3) is 0.208. The Morgan fingerprint density at radius 3 is 2.41 bits per heavy atom. The summed E-state index contributed by atoms with van der Waals surface area (Å²) in [5.41, 5.74) is 4.75. The van der Waals surface area contributed by atoms with Crippen molar-refractivity contribution in [3.05, 3.63) is 86.1 Å². The van der Waals surface area contributed by atoms with Crippen molar-refractivity contribution in [1.29, 1.82) is 5.26 Å². The number of nitrogens with zero attached hydrogens (tertiary/aromatic N) is 3. The molecule has 0 saturated carbocycles. The summed E-state index contributed by atoms with van der Waals surface area (Å²) in [4.78, 5) is 51.6. The van der Waals surface area contributed by atoms with Crippen LogP contribution < -0.4 is 17.0 Å². The van der Waals surface area contributed by atoms with Gasteiger partial charge in [0.25, 0.3) is 5.56 Å². The van der Waals surface area contributed by atoms with Gasteiger partial charge in [-0.15, -0.1) is 0 Å². The monoisotopic (exact) mass is 478 g/mol. The molecule has 1 heterocycles. The van der Waals surface area contributed by atoms with Gasteiger partial charge in [0.05, 0.1) is 11.1 Å². The maximum absolute atomic E-state index is 12.8. The lowest BCUT2D eigenvalue weighted by Gasteiger charge is -2.14. The van der Waals surface area contributed by atoms with Gasteiger partial charge in [0.15, 0.2) is 6.61 Å². The highest BCUT2D eigenvalue weighted by Crippen LogP contribution is 2.32. The van der Waals surface area contributed by atoms with Crippen LogP contribution in [0.4, 0.5) is 5.82 Å². The molecule has 0 radical (unpaired) electrons. The van der Waals surface area contributed by atoms with Gasteiger partial charge in [0.2, 0.25) is 5.78 Å². The van der Waals surface area contributed by atoms with E-state index in [0.29, 0.717) is 21.8 Å². The van der Waals surface area contributed by atoms with E-state index >= 15 is 0 Å². The second-order valence-corrected chi connectivity index (χ2v) is 8.35. The van der Waals surface area contributed by atoms with Gasteiger partial charge in [0, 0.05) is 23.4 Å². The zero-order chi connectivity index (χ0) is 24.8. The fourth-order valence-corrected chi connectivity index (χ4v) is 4.27. The van der Waals surface area contributed by atoms with Crippen LogP contribution >= 0.6 is 11.8 Å². The van der Waals surface area contributed by atoms with E-state index in [4.69, 9.17) is 10.5 Å². The van der Waals surface area contributed by atoms with Gasteiger partial charge in [-0.1, -0.05) is 43.0 Å². The normalized spacial score (nSPS) is 10.5. The number of ether oxygens (including phenoxy) is 1. The maximum Gasteiger partial charge on any atom is 0.339 e. The van der Waals surface area contributed by atoms with Crippen LogP contribution in [0, 0.1) is 11.3 Å². The van der Waals surface area contributed by atoms with Crippen LogP contribution in [0.1, 0.15) is 39.6 Å². The first-order valence-corrected chi connectivity index (χ1v) is 11.2. The van der Waals surface area contributed by atoms with E-state index < -0.39 is 35.2 Å². The average Bonchev–Trinajstić information content (AvgIpc) is 2.84. The Hall–Kier alpha value is -4.10. The van der Waals surface area contributed by atoms with Crippen molar-refractivity contribution in [3.63, 3.8) is 0 Å². The Balaban J connectivity index is 1.84. The molecule has 1 aromatic heterocycles. The summed E-state index contributed by atoms with van der Waals surface area (Å²) in [6.07, 6.45) is 0.564. The molecule has 0 unspecified atom stereocenters. The first-order valence-electron chi connectivity index (χ1n) is 10.4. The minimum absolute atomic E-state index is 0.199. The van der Waals surface area contributed by atoms with Crippen LogP contribution in [0.2, 0.25) is 0 Å². The van der Waals surface area contributed by atoms with Gasteiger partial charge in [-0.2, -0.15) is 5.26 Å². The number of esters is 1. The minimum Gasteiger partial charge on any atom is -0.454 e. The number of aromatic nitrogens is 2. The molecule has 0 spiro atoms. The largest absolute Gasteiger partial charge is 0.454 e. The van der Waals surface area contributed by atoms with Crippen LogP contribution in [-0.2, 0) is 18.3 Å². The van der Waals surface area contributed by atoms with Crippen LogP contribution in [0.15, 0.2) is 67.9 Å². The molecule has 0 amide bonds. The minimum atomic E-state index is -0.847. The molecule has 2 aromatic carbocycles. The lowest BCUT2D eigenvalue weighted by Crippen LogP contribution is -2.43. The van der Waals surface area contributed by atoms with Crippen molar-refractivity contribution >= 4 is 29.3 Å². The highest BCUT2D eigenvalue weighted by Gasteiger charge is 2.23. The van der Waals surface area contributed by atoms with E-state index in [1.807, 2.05) is 6.92 Å². The Kier molecular flexibility index (Phi) is 7.71. The molecule has 0 aliphatic heterocycles. The van der Waals surface area contributed by atoms with Gasteiger partial charge in [-0.05, 0) is 30.7 Å². The van der Waals surface area contributed by atoms with Crippen LogP contribution in [0.5, 0.6) is 0 Å². The molecule has 0 atom stereocenters. The lowest BCUT2D eigenvalue weighted by molar-refractivity contribution is 0.0470. The number of hydrogen-bond donors (Lipinski definition) is 1. The highest BCUT2D eigenvalue weighted by atomic mass is 32.2. The van der Waals surface area contributed by atoms with E-state index in [0.717, 1.165) is 9.13 Å². The first kappa shape index (κ1) is 24.5. The number of nitriles is 1. The van der Waals surface area contributed by atoms with Crippen molar-refractivity contribution in [2.75, 3.05) is 12.3 Å².